The Balaban J connectivity index is 2.06. The molecule has 0 aliphatic carbocycles. The minimum atomic E-state index is 0.575. The Morgan fingerprint density at radius 1 is 0.500 bits per heavy atom. The quantitative estimate of drug-likeness (QED) is 0.298. The third-order valence-electron chi connectivity index (χ3n) is 4.74. The van der Waals surface area contributed by atoms with Gasteiger partial charge in [-0.25, -0.2) is 0 Å². The lowest BCUT2D eigenvalue weighted by Crippen LogP contribution is -1.87. The Bertz CT molecular complexity index is 1250. The predicted molar refractivity (Wildman–Crippen MR) is 104 cm³/mol. The third-order valence-corrected chi connectivity index (χ3v) is 4.74. The molecule has 5 aromatic carbocycles. The van der Waals surface area contributed by atoms with Gasteiger partial charge in [-0.1, -0.05) is 91.0 Å². The Kier molecular flexibility index (Phi) is 2.67. The molecule has 112 valence electrons. The topological polar surface area (TPSA) is 0 Å². The Morgan fingerprint density at radius 2 is 1.12 bits per heavy atom. The summed E-state index contributed by atoms with van der Waals surface area (Å²) < 4.78 is 8.54. The van der Waals surface area contributed by atoms with E-state index in [0.29, 0.717) is 6.04 Å². The Morgan fingerprint density at radius 3 is 2.00 bits per heavy atom. The standard InChI is InChI=1S/C24H16/c1-4-12-20-17(8-1)11-7-15-23(20)24-21-13-5-2-9-18(21)16-19-10-3-6-14-22(19)24/h1-16H/i13D. The zero-order valence-corrected chi connectivity index (χ0v) is 13.2. The van der Waals surface area contributed by atoms with E-state index in [4.69, 9.17) is 1.37 Å². The molecule has 0 aliphatic heterocycles. The van der Waals surface area contributed by atoms with Crippen molar-refractivity contribution in [2.24, 2.45) is 0 Å². The molecule has 0 aliphatic rings. The van der Waals surface area contributed by atoms with Crippen LogP contribution in [-0.2, 0) is 0 Å². The summed E-state index contributed by atoms with van der Waals surface area (Å²) in [6, 6.07) is 32.1. The summed E-state index contributed by atoms with van der Waals surface area (Å²) in [5, 5.41) is 7.01. The van der Waals surface area contributed by atoms with E-state index in [9.17, 15) is 0 Å². The van der Waals surface area contributed by atoms with E-state index >= 15 is 0 Å². The van der Waals surface area contributed by atoms with Crippen LogP contribution < -0.4 is 0 Å². The van der Waals surface area contributed by atoms with Gasteiger partial charge in [0.1, 0.15) is 0 Å². The molecule has 0 unspecified atom stereocenters. The second kappa shape index (κ2) is 5.21. The molecule has 5 aromatic rings. The van der Waals surface area contributed by atoms with E-state index in [1.54, 1.807) is 0 Å². The van der Waals surface area contributed by atoms with Gasteiger partial charge in [-0.3, -0.25) is 0 Å². The van der Waals surface area contributed by atoms with Crippen LogP contribution in [0.4, 0.5) is 0 Å². The van der Waals surface area contributed by atoms with Gasteiger partial charge < -0.3 is 0 Å². The SMILES string of the molecule is [2H]c1cccc2cc3ccccc3c(-c3cccc4ccccc34)c12. The van der Waals surface area contributed by atoms with Crippen molar-refractivity contribution >= 4 is 32.3 Å². The number of benzene rings is 5. The summed E-state index contributed by atoms with van der Waals surface area (Å²) in [5.74, 6) is 0. The van der Waals surface area contributed by atoms with Crippen molar-refractivity contribution in [3.05, 3.63) is 97.0 Å². The van der Waals surface area contributed by atoms with E-state index < -0.39 is 0 Å². The molecule has 5 rings (SSSR count). The number of fused-ring (bicyclic) bond motifs is 3. The van der Waals surface area contributed by atoms with Crippen LogP contribution in [0, 0.1) is 0 Å². The van der Waals surface area contributed by atoms with E-state index in [1.165, 1.54) is 27.1 Å². The van der Waals surface area contributed by atoms with E-state index in [1.807, 2.05) is 12.1 Å². The van der Waals surface area contributed by atoms with Crippen LogP contribution in [0.1, 0.15) is 1.37 Å². The molecule has 0 spiro atoms. The molecule has 0 N–H and O–H groups in total. The Labute approximate surface area is 142 Å². The fourth-order valence-electron chi connectivity index (χ4n) is 3.66. The van der Waals surface area contributed by atoms with Crippen LogP contribution >= 0.6 is 0 Å². The summed E-state index contributed by atoms with van der Waals surface area (Å²) >= 11 is 0. The summed E-state index contributed by atoms with van der Waals surface area (Å²) in [4.78, 5) is 0. The predicted octanol–water partition coefficient (Wildman–Crippen LogP) is 6.81. The van der Waals surface area contributed by atoms with Gasteiger partial charge in [0.05, 0.1) is 1.37 Å². The minimum absolute atomic E-state index is 0.575. The highest BCUT2D eigenvalue weighted by Crippen LogP contribution is 2.39. The summed E-state index contributed by atoms with van der Waals surface area (Å²) in [6.07, 6.45) is 0. The average Bonchev–Trinajstić information content (AvgIpc) is 2.66. The zero-order valence-electron chi connectivity index (χ0n) is 14.2. The lowest BCUT2D eigenvalue weighted by molar-refractivity contribution is 1.70. The highest BCUT2D eigenvalue weighted by molar-refractivity contribution is 6.16. The van der Waals surface area contributed by atoms with Crippen LogP contribution in [0.5, 0.6) is 0 Å². The van der Waals surface area contributed by atoms with E-state index in [0.717, 1.165) is 16.3 Å². The molecule has 0 saturated carbocycles. The summed E-state index contributed by atoms with van der Waals surface area (Å²) in [5.41, 5.74) is 2.36. The van der Waals surface area contributed by atoms with Gasteiger partial charge in [0.25, 0.3) is 0 Å². The van der Waals surface area contributed by atoms with Crippen molar-refractivity contribution in [2.45, 2.75) is 0 Å². The van der Waals surface area contributed by atoms with Gasteiger partial charge in [0.2, 0.25) is 0 Å². The molecule has 0 bridgehead atoms. The highest BCUT2D eigenvalue weighted by atomic mass is 14.1. The second-order valence-electron chi connectivity index (χ2n) is 6.13. The lowest BCUT2D eigenvalue weighted by Gasteiger charge is -2.14. The molecular weight excluding hydrogens is 288 g/mol. The van der Waals surface area contributed by atoms with Crippen LogP contribution in [0.2, 0.25) is 0 Å². The highest BCUT2D eigenvalue weighted by Gasteiger charge is 2.11. The molecule has 0 aromatic heterocycles. The molecular formula is C24H16. The van der Waals surface area contributed by atoms with Gasteiger partial charge in [-0.05, 0) is 49.5 Å². The molecule has 0 heterocycles. The number of rotatable bonds is 1. The first kappa shape index (κ1) is 12.3. The fraction of sp³-hybridized carbons (Fsp3) is 0. The number of hydrogen-bond donors (Lipinski definition) is 0. The lowest BCUT2D eigenvalue weighted by atomic mass is 9.89. The molecule has 0 heteroatoms. The normalized spacial score (nSPS) is 11.9. The minimum Gasteiger partial charge on any atom is -0.0616 e. The smallest absolute Gasteiger partial charge is 0.0616 e. The average molecular weight is 305 g/mol. The number of hydrogen-bond acceptors (Lipinski definition) is 0. The molecule has 0 saturated heterocycles. The van der Waals surface area contributed by atoms with Crippen molar-refractivity contribution < 1.29 is 1.37 Å². The molecule has 0 atom stereocenters. The van der Waals surface area contributed by atoms with Gasteiger partial charge in [-0.15, -0.1) is 0 Å². The fourth-order valence-corrected chi connectivity index (χ4v) is 3.66. The van der Waals surface area contributed by atoms with Crippen molar-refractivity contribution in [3.8, 4) is 11.1 Å². The first-order chi connectivity index (χ1) is 12.3. The molecule has 0 radical (unpaired) electrons. The summed E-state index contributed by atoms with van der Waals surface area (Å²) in [6.45, 7) is 0. The molecule has 0 fully saturated rings. The van der Waals surface area contributed by atoms with Crippen LogP contribution in [0.25, 0.3) is 43.4 Å². The van der Waals surface area contributed by atoms with Gasteiger partial charge >= 0.3 is 0 Å². The van der Waals surface area contributed by atoms with Crippen LogP contribution in [0.15, 0.2) is 97.0 Å². The van der Waals surface area contributed by atoms with Crippen molar-refractivity contribution in [1.29, 1.82) is 0 Å². The third kappa shape index (κ3) is 1.93. The first-order valence-corrected chi connectivity index (χ1v) is 8.22. The maximum absolute atomic E-state index is 8.54. The largest absolute Gasteiger partial charge is 0.0629 e. The Hall–Kier alpha value is -3.12. The maximum atomic E-state index is 8.54. The molecule has 0 nitrogen and oxygen atoms in total. The zero-order chi connectivity index (χ0) is 16.8. The van der Waals surface area contributed by atoms with Crippen molar-refractivity contribution in [1.82, 2.24) is 0 Å². The maximum Gasteiger partial charge on any atom is 0.0629 e. The second-order valence-corrected chi connectivity index (χ2v) is 6.13. The van der Waals surface area contributed by atoms with Crippen LogP contribution in [-0.4, -0.2) is 0 Å². The van der Waals surface area contributed by atoms with Crippen molar-refractivity contribution in [3.63, 3.8) is 0 Å². The monoisotopic (exact) mass is 305 g/mol. The van der Waals surface area contributed by atoms with Gasteiger partial charge in [0.15, 0.2) is 0 Å². The van der Waals surface area contributed by atoms with Crippen LogP contribution in [0.3, 0.4) is 0 Å². The van der Waals surface area contributed by atoms with Crippen molar-refractivity contribution in [2.75, 3.05) is 0 Å². The van der Waals surface area contributed by atoms with E-state index in [-0.39, 0.29) is 0 Å². The molecule has 24 heavy (non-hydrogen) atoms. The van der Waals surface area contributed by atoms with E-state index in [2.05, 4.69) is 78.9 Å². The van der Waals surface area contributed by atoms with Gasteiger partial charge in [-0.2, -0.15) is 0 Å². The molecule has 0 amide bonds. The first-order valence-electron chi connectivity index (χ1n) is 8.72. The van der Waals surface area contributed by atoms with Gasteiger partial charge in [0, 0.05) is 0 Å². The summed E-state index contributed by atoms with van der Waals surface area (Å²) in [7, 11) is 0.